The third kappa shape index (κ3) is 2.03. The molecule has 0 fully saturated rings. The molecule has 0 aliphatic heterocycles. The highest BCUT2D eigenvalue weighted by atomic mass is 127. The van der Waals surface area contributed by atoms with Crippen molar-refractivity contribution in [1.82, 2.24) is 0 Å². The Morgan fingerprint density at radius 2 is 1.35 bits per heavy atom. The van der Waals surface area contributed by atoms with E-state index in [4.69, 9.17) is 0 Å². The van der Waals surface area contributed by atoms with Crippen molar-refractivity contribution in [2.75, 3.05) is 0 Å². The molecule has 4 rings (SSSR count). The Balaban J connectivity index is 2.03. The zero-order chi connectivity index (χ0) is 13.5. The molecule has 0 spiro atoms. The SMILES string of the molecule is Ic1ccc2sc3ccc(-c4ccccc4)cc3c2c1. The highest BCUT2D eigenvalue weighted by Gasteiger charge is 2.07. The third-order valence-corrected chi connectivity index (χ3v) is 5.36. The van der Waals surface area contributed by atoms with Crippen LogP contribution in [0.3, 0.4) is 0 Å². The first-order chi connectivity index (χ1) is 9.81. The van der Waals surface area contributed by atoms with Gasteiger partial charge >= 0.3 is 0 Å². The zero-order valence-electron chi connectivity index (χ0n) is 10.6. The standard InChI is InChI=1S/C18H11IS/c19-14-7-9-18-16(11-14)15-10-13(6-8-17(15)20-18)12-4-2-1-3-5-12/h1-11H. The lowest BCUT2D eigenvalue weighted by Gasteiger charge is -2.01. The Labute approximate surface area is 135 Å². The van der Waals surface area contributed by atoms with Crippen molar-refractivity contribution in [3.05, 3.63) is 70.3 Å². The summed E-state index contributed by atoms with van der Waals surface area (Å²) in [5, 5.41) is 2.74. The molecule has 20 heavy (non-hydrogen) atoms. The van der Waals surface area contributed by atoms with Gasteiger partial charge in [0.1, 0.15) is 0 Å². The average molecular weight is 386 g/mol. The molecule has 2 heteroatoms. The summed E-state index contributed by atoms with van der Waals surface area (Å²) in [6.45, 7) is 0. The number of hydrogen-bond donors (Lipinski definition) is 0. The van der Waals surface area contributed by atoms with E-state index in [0.29, 0.717) is 0 Å². The molecular weight excluding hydrogens is 375 g/mol. The summed E-state index contributed by atoms with van der Waals surface area (Å²) in [6, 6.07) is 24.0. The van der Waals surface area contributed by atoms with E-state index in [2.05, 4.69) is 89.3 Å². The van der Waals surface area contributed by atoms with E-state index in [-0.39, 0.29) is 0 Å². The average Bonchev–Trinajstić information content (AvgIpc) is 2.85. The van der Waals surface area contributed by atoms with Gasteiger partial charge in [0.25, 0.3) is 0 Å². The molecule has 3 aromatic carbocycles. The molecular formula is C18H11IS. The molecule has 0 atom stereocenters. The minimum atomic E-state index is 1.28. The second kappa shape index (κ2) is 4.86. The normalized spacial score (nSPS) is 11.2. The zero-order valence-corrected chi connectivity index (χ0v) is 13.6. The second-order valence-corrected chi connectivity index (χ2v) is 7.15. The van der Waals surface area contributed by atoms with E-state index >= 15 is 0 Å². The monoisotopic (exact) mass is 386 g/mol. The van der Waals surface area contributed by atoms with Crippen molar-refractivity contribution in [3.63, 3.8) is 0 Å². The molecule has 1 aromatic heterocycles. The fourth-order valence-electron chi connectivity index (χ4n) is 2.56. The van der Waals surface area contributed by atoms with E-state index in [1.165, 1.54) is 34.9 Å². The van der Waals surface area contributed by atoms with Crippen LogP contribution in [0.4, 0.5) is 0 Å². The fraction of sp³-hybridized carbons (Fsp3) is 0. The molecule has 0 bridgehead atoms. The van der Waals surface area contributed by atoms with E-state index in [0.717, 1.165) is 0 Å². The highest BCUT2D eigenvalue weighted by Crippen LogP contribution is 2.36. The Kier molecular flexibility index (Phi) is 3.00. The maximum atomic E-state index is 2.38. The van der Waals surface area contributed by atoms with E-state index < -0.39 is 0 Å². The van der Waals surface area contributed by atoms with Crippen molar-refractivity contribution in [2.45, 2.75) is 0 Å². The quantitative estimate of drug-likeness (QED) is 0.336. The molecule has 0 unspecified atom stereocenters. The second-order valence-electron chi connectivity index (χ2n) is 4.82. The topological polar surface area (TPSA) is 0 Å². The molecule has 0 amide bonds. The molecule has 0 N–H and O–H groups in total. The molecule has 96 valence electrons. The largest absolute Gasteiger partial charge is 0.135 e. The van der Waals surface area contributed by atoms with Gasteiger partial charge in [0, 0.05) is 23.7 Å². The summed E-state index contributed by atoms with van der Waals surface area (Å²) >= 11 is 4.25. The maximum Gasteiger partial charge on any atom is 0.0356 e. The van der Waals surface area contributed by atoms with Gasteiger partial charge in [0.05, 0.1) is 0 Å². The fourth-order valence-corrected chi connectivity index (χ4v) is 4.12. The molecule has 4 aromatic rings. The molecule has 0 aliphatic carbocycles. The Bertz CT molecular complexity index is 907. The van der Waals surface area contributed by atoms with Crippen LogP contribution in [0.1, 0.15) is 0 Å². The highest BCUT2D eigenvalue weighted by molar-refractivity contribution is 14.1. The van der Waals surface area contributed by atoms with Crippen LogP contribution in [-0.4, -0.2) is 0 Å². The first kappa shape index (κ1) is 12.4. The van der Waals surface area contributed by atoms with Gasteiger partial charge in [-0.2, -0.15) is 0 Å². The lowest BCUT2D eigenvalue weighted by molar-refractivity contribution is 1.66. The van der Waals surface area contributed by atoms with Gasteiger partial charge in [-0.1, -0.05) is 36.4 Å². The lowest BCUT2D eigenvalue weighted by atomic mass is 10.0. The minimum Gasteiger partial charge on any atom is -0.135 e. The van der Waals surface area contributed by atoms with Gasteiger partial charge in [-0.25, -0.2) is 0 Å². The molecule has 0 saturated carbocycles. The smallest absolute Gasteiger partial charge is 0.0356 e. The summed E-state index contributed by atoms with van der Waals surface area (Å²) in [5.41, 5.74) is 2.57. The maximum absolute atomic E-state index is 2.38. The van der Waals surface area contributed by atoms with E-state index in [1.54, 1.807) is 0 Å². The summed E-state index contributed by atoms with van der Waals surface area (Å²) in [4.78, 5) is 0. The number of benzene rings is 3. The number of halogens is 1. The van der Waals surface area contributed by atoms with Crippen LogP contribution in [0.5, 0.6) is 0 Å². The molecule has 0 aliphatic rings. The van der Waals surface area contributed by atoms with Gasteiger partial charge in [0.15, 0.2) is 0 Å². The first-order valence-corrected chi connectivity index (χ1v) is 8.38. The van der Waals surface area contributed by atoms with Crippen molar-refractivity contribution < 1.29 is 0 Å². The van der Waals surface area contributed by atoms with E-state index in [9.17, 15) is 0 Å². The molecule has 0 saturated heterocycles. The predicted molar refractivity (Wildman–Crippen MR) is 97.5 cm³/mol. The Morgan fingerprint density at radius 1 is 0.650 bits per heavy atom. The van der Waals surface area contributed by atoms with Crippen LogP contribution in [0.25, 0.3) is 31.3 Å². The number of rotatable bonds is 1. The summed E-state index contributed by atoms with van der Waals surface area (Å²) in [7, 11) is 0. The Hall–Kier alpha value is -1.39. The molecule has 0 radical (unpaired) electrons. The number of thiophene rings is 1. The van der Waals surface area contributed by atoms with Crippen molar-refractivity contribution in [2.24, 2.45) is 0 Å². The van der Waals surface area contributed by atoms with Crippen LogP contribution >= 0.6 is 33.9 Å². The molecule has 1 heterocycles. The number of hydrogen-bond acceptors (Lipinski definition) is 1. The van der Waals surface area contributed by atoms with Crippen LogP contribution < -0.4 is 0 Å². The van der Waals surface area contributed by atoms with Crippen LogP contribution in [0, 0.1) is 3.57 Å². The summed E-state index contributed by atoms with van der Waals surface area (Å²) in [6.07, 6.45) is 0. The van der Waals surface area contributed by atoms with E-state index in [1.807, 2.05) is 11.3 Å². The summed E-state index contributed by atoms with van der Waals surface area (Å²) < 4.78 is 4.02. The first-order valence-electron chi connectivity index (χ1n) is 6.48. The lowest BCUT2D eigenvalue weighted by Crippen LogP contribution is -1.76. The number of fused-ring (bicyclic) bond motifs is 3. The third-order valence-electron chi connectivity index (χ3n) is 3.54. The van der Waals surface area contributed by atoms with Crippen molar-refractivity contribution in [1.29, 1.82) is 0 Å². The van der Waals surface area contributed by atoms with Gasteiger partial charge < -0.3 is 0 Å². The Morgan fingerprint density at radius 3 is 2.15 bits per heavy atom. The van der Waals surface area contributed by atoms with Gasteiger partial charge in [-0.15, -0.1) is 11.3 Å². The van der Waals surface area contributed by atoms with Gasteiger partial charge in [-0.05, 0) is 64.0 Å². The van der Waals surface area contributed by atoms with Gasteiger partial charge in [0.2, 0.25) is 0 Å². The predicted octanol–water partition coefficient (Wildman–Crippen LogP) is 6.33. The van der Waals surface area contributed by atoms with Crippen molar-refractivity contribution in [3.8, 4) is 11.1 Å². The van der Waals surface area contributed by atoms with Crippen LogP contribution in [0.15, 0.2) is 66.7 Å². The van der Waals surface area contributed by atoms with Gasteiger partial charge in [-0.3, -0.25) is 0 Å². The van der Waals surface area contributed by atoms with Crippen molar-refractivity contribution >= 4 is 54.1 Å². The van der Waals surface area contributed by atoms with Crippen LogP contribution in [0.2, 0.25) is 0 Å². The van der Waals surface area contributed by atoms with Crippen LogP contribution in [-0.2, 0) is 0 Å². The summed E-state index contributed by atoms with van der Waals surface area (Å²) in [5.74, 6) is 0. The molecule has 0 nitrogen and oxygen atoms in total. The minimum absolute atomic E-state index is 1.28.